The zero-order valence-electron chi connectivity index (χ0n) is 14.0. The maximum atomic E-state index is 12.8. The molecule has 1 atom stereocenters. The summed E-state index contributed by atoms with van der Waals surface area (Å²) < 4.78 is 0. The molecule has 23 heavy (non-hydrogen) atoms. The van der Waals surface area contributed by atoms with Gasteiger partial charge in [-0.15, -0.1) is 0 Å². The quantitative estimate of drug-likeness (QED) is 0.912. The zero-order valence-corrected chi connectivity index (χ0v) is 14.0. The summed E-state index contributed by atoms with van der Waals surface area (Å²) >= 11 is 0. The van der Waals surface area contributed by atoms with E-state index in [1.165, 1.54) is 0 Å². The van der Waals surface area contributed by atoms with Crippen LogP contribution in [0.4, 0.5) is 16.3 Å². The van der Waals surface area contributed by atoms with Gasteiger partial charge in [0.2, 0.25) is 0 Å². The van der Waals surface area contributed by atoms with Crippen molar-refractivity contribution < 1.29 is 9.59 Å². The van der Waals surface area contributed by atoms with Gasteiger partial charge < -0.3 is 5.32 Å². The SMILES string of the molecule is CC(C)N1C(=O)C(C)N(C(=O)NC2CCCC2)c2cccnc21. The second kappa shape index (κ2) is 6.18. The van der Waals surface area contributed by atoms with Crippen LogP contribution < -0.4 is 15.1 Å². The molecule has 6 heteroatoms. The number of carbonyl (C=O) groups excluding carboxylic acids is 2. The average molecular weight is 316 g/mol. The van der Waals surface area contributed by atoms with E-state index < -0.39 is 6.04 Å². The lowest BCUT2D eigenvalue weighted by Crippen LogP contribution is -2.59. The summed E-state index contributed by atoms with van der Waals surface area (Å²) in [7, 11) is 0. The highest BCUT2D eigenvalue weighted by molar-refractivity contribution is 6.11. The number of hydrogen-bond donors (Lipinski definition) is 1. The molecule has 1 aromatic rings. The number of aromatic nitrogens is 1. The molecule has 6 nitrogen and oxygen atoms in total. The summed E-state index contributed by atoms with van der Waals surface area (Å²) in [5, 5.41) is 3.07. The first-order valence-corrected chi connectivity index (χ1v) is 8.38. The van der Waals surface area contributed by atoms with Gasteiger partial charge in [-0.1, -0.05) is 12.8 Å². The molecule has 3 amide bonds. The fraction of sp³-hybridized carbons (Fsp3) is 0.588. The van der Waals surface area contributed by atoms with Crippen molar-refractivity contribution in [2.45, 2.75) is 64.6 Å². The maximum Gasteiger partial charge on any atom is 0.322 e. The zero-order chi connectivity index (χ0) is 16.6. The number of anilines is 2. The predicted molar refractivity (Wildman–Crippen MR) is 89.6 cm³/mol. The molecule has 2 heterocycles. The number of nitrogens with one attached hydrogen (secondary N) is 1. The summed E-state index contributed by atoms with van der Waals surface area (Å²) in [5.74, 6) is 0.472. The van der Waals surface area contributed by atoms with Crippen LogP contribution >= 0.6 is 0 Å². The molecule has 0 bridgehead atoms. The van der Waals surface area contributed by atoms with Gasteiger partial charge in [0.15, 0.2) is 5.82 Å². The molecule has 124 valence electrons. The first kappa shape index (κ1) is 15.8. The summed E-state index contributed by atoms with van der Waals surface area (Å²) in [6.45, 7) is 5.69. The minimum Gasteiger partial charge on any atom is -0.335 e. The fourth-order valence-corrected chi connectivity index (χ4v) is 3.49. The number of pyridine rings is 1. The van der Waals surface area contributed by atoms with Crippen molar-refractivity contribution >= 4 is 23.4 Å². The van der Waals surface area contributed by atoms with Gasteiger partial charge in [-0.25, -0.2) is 9.78 Å². The molecule has 3 rings (SSSR count). The molecule has 1 aliphatic heterocycles. The summed E-state index contributed by atoms with van der Waals surface area (Å²) in [5.41, 5.74) is 0.698. The van der Waals surface area contributed by atoms with E-state index in [1.807, 2.05) is 19.9 Å². The Balaban J connectivity index is 1.94. The molecule has 1 aromatic heterocycles. The van der Waals surface area contributed by atoms with Gasteiger partial charge in [0, 0.05) is 18.3 Å². The fourth-order valence-electron chi connectivity index (χ4n) is 3.49. The minimum absolute atomic E-state index is 0.00126. The number of hydrogen-bond acceptors (Lipinski definition) is 3. The van der Waals surface area contributed by atoms with Crippen molar-refractivity contribution in [3.63, 3.8) is 0 Å². The number of fused-ring (bicyclic) bond motifs is 1. The van der Waals surface area contributed by atoms with E-state index in [1.54, 1.807) is 29.0 Å². The number of amides is 3. The third kappa shape index (κ3) is 2.78. The smallest absolute Gasteiger partial charge is 0.322 e. The van der Waals surface area contributed by atoms with Crippen LogP contribution in [0.2, 0.25) is 0 Å². The van der Waals surface area contributed by atoms with Gasteiger partial charge in [0.05, 0.1) is 5.69 Å². The normalized spacial score (nSPS) is 21.7. The molecule has 0 spiro atoms. The highest BCUT2D eigenvalue weighted by Gasteiger charge is 2.41. The Morgan fingerprint density at radius 3 is 2.70 bits per heavy atom. The highest BCUT2D eigenvalue weighted by atomic mass is 16.2. The highest BCUT2D eigenvalue weighted by Crippen LogP contribution is 2.35. The molecule has 1 fully saturated rings. The lowest BCUT2D eigenvalue weighted by Gasteiger charge is -2.41. The van der Waals surface area contributed by atoms with Crippen molar-refractivity contribution in [3.8, 4) is 0 Å². The van der Waals surface area contributed by atoms with Crippen molar-refractivity contribution in [2.24, 2.45) is 0 Å². The van der Waals surface area contributed by atoms with Crippen molar-refractivity contribution in [1.82, 2.24) is 10.3 Å². The Morgan fingerprint density at radius 1 is 1.35 bits per heavy atom. The number of nitrogens with zero attached hydrogens (tertiary/aromatic N) is 3. The predicted octanol–water partition coefficient (Wildman–Crippen LogP) is 2.68. The third-order valence-corrected chi connectivity index (χ3v) is 4.65. The molecular weight excluding hydrogens is 292 g/mol. The second-order valence-corrected chi connectivity index (χ2v) is 6.62. The van der Waals surface area contributed by atoms with E-state index in [0.29, 0.717) is 11.5 Å². The number of rotatable bonds is 2. The lowest BCUT2D eigenvalue weighted by molar-refractivity contribution is -0.120. The van der Waals surface area contributed by atoms with Crippen LogP contribution in [0.3, 0.4) is 0 Å². The van der Waals surface area contributed by atoms with Crippen molar-refractivity contribution in [3.05, 3.63) is 18.3 Å². The molecule has 1 aliphatic carbocycles. The van der Waals surface area contributed by atoms with Gasteiger partial charge in [-0.3, -0.25) is 14.6 Å². The van der Waals surface area contributed by atoms with Gasteiger partial charge in [0.25, 0.3) is 5.91 Å². The second-order valence-electron chi connectivity index (χ2n) is 6.62. The van der Waals surface area contributed by atoms with Crippen LogP contribution in [-0.4, -0.2) is 35.0 Å². The van der Waals surface area contributed by atoms with E-state index in [-0.39, 0.29) is 24.0 Å². The first-order valence-electron chi connectivity index (χ1n) is 8.38. The molecular formula is C17H24N4O2. The van der Waals surface area contributed by atoms with Gasteiger partial charge >= 0.3 is 6.03 Å². The standard InChI is InChI=1S/C17H24N4O2/c1-11(2)20-15-14(9-6-10-18-15)21(12(3)16(20)22)17(23)19-13-7-4-5-8-13/h6,9-13H,4-5,7-8H2,1-3H3,(H,19,23). The molecule has 2 aliphatic rings. The van der Waals surface area contributed by atoms with Gasteiger partial charge in [0.1, 0.15) is 6.04 Å². The van der Waals surface area contributed by atoms with Gasteiger partial charge in [-0.05, 0) is 45.7 Å². The molecule has 0 radical (unpaired) electrons. The Bertz CT molecular complexity index is 610. The Kier molecular flexibility index (Phi) is 4.24. The number of carbonyl (C=O) groups is 2. The van der Waals surface area contributed by atoms with Crippen molar-refractivity contribution in [2.75, 3.05) is 9.80 Å². The van der Waals surface area contributed by atoms with E-state index in [4.69, 9.17) is 0 Å². The first-order chi connectivity index (χ1) is 11.0. The molecule has 0 aromatic carbocycles. The molecule has 1 unspecified atom stereocenters. The van der Waals surface area contributed by atoms with E-state index in [9.17, 15) is 9.59 Å². The summed E-state index contributed by atoms with van der Waals surface area (Å²) in [6.07, 6.45) is 5.99. The molecule has 1 N–H and O–H groups in total. The summed E-state index contributed by atoms with van der Waals surface area (Å²) in [4.78, 5) is 33.1. The van der Waals surface area contributed by atoms with E-state index in [0.717, 1.165) is 25.7 Å². The van der Waals surface area contributed by atoms with Gasteiger partial charge in [-0.2, -0.15) is 0 Å². The lowest BCUT2D eigenvalue weighted by atomic mass is 10.1. The van der Waals surface area contributed by atoms with Crippen LogP contribution in [-0.2, 0) is 4.79 Å². The third-order valence-electron chi connectivity index (χ3n) is 4.65. The average Bonchev–Trinajstić information content (AvgIpc) is 3.01. The topological polar surface area (TPSA) is 65.5 Å². The Hall–Kier alpha value is -2.11. The van der Waals surface area contributed by atoms with E-state index in [2.05, 4.69) is 10.3 Å². The summed E-state index contributed by atoms with van der Waals surface area (Å²) in [6, 6.07) is 3.14. The van der Waals surface area contributed by atoms with Crippen LogP contribution in [0.5, 0.6) is 0 Å². The van der Waals surface area contributed by atoms with Crippen LogP contribution in [0.15, 0.2) is 18.3 Å². The van der Waals surface area contributed by atoms with E-state index >= 15 is 0 Å². The molecule has 0 saturated heterocycles. The maximum absolute atomic E-state index is 12.8. The van der Waals surface area contributed by atoms with Crippen LogP contribution in [0, 0.1) is 0 Å². The van der Waals surface area contributed by atoms with Crippen molar-refractivity contribution in [1.29, 1.82) is 0 Å². The number of urea groups is 1. The minimum atomic E-state index is -0.532. The largest absolute Gasteiger partial charge is 0.335 e. The Morgan fingerprint density at radius 2 is 2.04 bits per heavy atom. The van der Waals surface area contributed by atoms with Crippen LogP contribution in [0.25, 0.3) is 0 Å². The Labute approximate surface area is 136 Å². The monoisotopic (exact) mass is 316 g/mol. The van der Waals surface area contributed by atoms with Crippen LogP contribution in [0.1, 0.15) is 46.5 Å². The molecule has 1 saturated carbocycles.